The van der Waals surface area contributed by atoms with Crippen molar-refractivity contribution in [3.05, 3.63) is 0 Å². The average molecular weight is 286 g/mol. The zero-order valence-corrected chi connectivity index (χ0v) is 13.7. The largest absolute Gasteiger partial charge is 0.465 e. The Hall–Kier alpha value is -0.650. The lowest BCUT2D eigenvalue weighted by Gasteiger charge is -2.41. The molecule has 1 saturated heterocycles. The van der Waals surface area contributed by atoms with Crippen LogP contribution in [0.1, 0.15) is 41.0 Å². The monoisotopic (exact) mass is 286 g/mol. The molecule has 0 bridgehead atoms. The molecule has 0 amide bonds. The molecule has 1 fully saturated rings. The quantitative estimate of drug-likeness (QED) is 0.748. The summed E-state index contributed by atoms with van der Waals surface area (Å²) >= 11 is 0. The van der Waals surface area contributed by atoms with Crippen LogP contribution in [0.25, 0.3) is 0 Å². The van der Waals surface area contributed by atoms with Gasteiger partial charge < -0.3 is 14.8 Å². The van der Waals surface area contributed by atoms with Gasteiger partial charge in [-0.15, -0.1) is 0 Å². The second kappa shape index (κ2) is 7.38. The number of hydrogen-bond acceptors (Lipinski definition) is 5. The van der Waals surface area contributed by atoms with Gasteiger partial charge in [-0.05, 0) is 48.1 Å². The van der Waals surface area contributed by atoms with Crippen LogP contribution in [0.3, 0.4) is 0 Å². The van der Waals surface area contributed by atoms with Crippen LogP contribution in [0.5, 0.6) is 0 Å². The molecule has 0 aliphatic carbocycles. The summed E-state index contributed by atoms with van der Waals surface area (Å²) in [6, 6.07) is 0.297. The third-order valence-corrected chi connectivity index (χ3v) is 4.05. The van der Waals surface area contributed by atoms with Crippen molar-refractivity contribution < 1.29 is 14.3 Å². The van der Waals surface area contributed by atoms with E-state index in [0.29, 0.717) is 12.6 Å². The predicted octanol–water partition coefficient (Wildman–Crippen LogP) is 1.42. The van der Waals surface area contributed by atoms with Crippen LogP contribution >= 0.6 is 0 Å². The molecule has 5 nitrogen and oxygen atoms in total. The summed E-state index contributed by atoms with van der Waals surface area (Å²) in [5.74, 6) is -0.177. The van der Waals surface area contributed by atoms with Gasteiger partial charge in [0.2, 0.25) is 0 Å². The lowest BCUT2D eigenvalue weighted by atomic mass is 9.92. The van der Waals surface area contributed by atoms with Gasteiger partial charge in [-0.3, -0.25) is 9.69 Å². The highest BCUT2D eigenvalue weighted by atomic mass is 16.5. The number of nitrogens with zero attached hydrogens (tertiary/aromatic N) is 1. The first-order chi connectivity index (χ1) is 9.32. The van der Waals surface area contributed by atoms with Crippen LogP contribution in [0.4, 0.5) is 0 Å². The fraction of sp³-hybridized carbons (Fsp3) is 0.933. The Balaban J connectivity index is 2.66. The summed E-state index contributed by atoms with van der Waals surface area (Å²) in [5.41, 5.74) is -0.639. The predicted molar refractivity (Wildman–Crippen MR) is 79.8 cm³/mol. The number of nitrogens with one attached hydrogen (secondary N) is 1. The van der Waals surface area contributed by atoms with E-state index >= 15 is 0 Å². The van der Waals surface area contributed by atoms with Crippen LogP contribution in [0.2, 0.25) is 0 Å². The molecule has 0 aromatic heterocycles. The van der Waals surface area contributed by atoms with Gasteiger partial charge in [0.05, 0.1) is 18.8 Å². The smallest absolute Gasteiger partial charge is 0.326 e. The van der Waals surface area contributed by atoms with E-state index in [2.05, 4.69) is 31.0 Å². The first-order valence-corrected chi connectivity index (χ1v) is 7.58. The van der Waals surface area contributed by atoms with Gasteiger partial charge in [0.1, 0.15) is 5.54 Å². The van der Waals surface area contributed by atoms with Crippen molar-refractivity contribution in [1.29, 1.82) is 0 Å². The first-order valence-electron chi connectivity index (χ1n) is 7.58. The normalized spacial score (nSPS) is 28.7. The molecule has 4 atom stereocenters. The molecular formula is C15H30N2O3. The Morgan fingerprint density at radius 1 is 1.45 bits per heavy atom. The highest BCUT2D eigenvalue weighted by Crippen LogP contribution is 2.21. The lowest BCUT2D eigenvalue weighted by Crippen LogP contribution is -2.56. The summed E-state index contributed by atoms with van der Waals surface area (Å²) in [7, 11) is 1.81. The molecule has 1 N–H and O–H groups in total. The average Bonchev–Trinajstić information content (AvgIpc) is 2.37. The molecule has 118 valence electrons. The van der Waals surface area contributed by atoms with Gasteiger partial charge in [0.25, 0.3) is 0 Å². The van der Waals surface area contributed by atoms with Crippen LogP contribution in [0.15, 0.2) is 0 Å². The number of carbonyl (C=O) groups excluding carboxylic acids is 1. The Morgan fingerprint density at radius 2 is 2.00 bits per heavy atom. The number of rotatable bonds is 6. The number of morpholine rings is 1. The summed E-state index contributed by atoms with van der Waals surface area (Å²) in [6.45, 7) is 12.3. The van der Waals surface area contributed by atoms with Gasteiger partial charge in [-0.2, -0.15) is 0 Å². The van der Waals surface area contributed by atoms with Crippen molar-refractivity contribution in [2.75, 3.05) is 26.7 Å². The van der Waals surface area contributed by atoms with Gasteiger partial charge in [-0.1, -0.05) is 0 Å². The third kappa shape index (κ3) is 4.43. The zero-order chi connectivity index (χ0) is 15.3. The minimum absolute atomic E-state index is 0.177. The molecule has 1 heterocycles. The molecule has 0 radical (unpaired) electrons. The number of hydrogen-bond donors (Lipinski definition) is 1. The van der Waals surface area contributed by atoms with Crippen molar-refractivity contribution in [3.63, 3.8) is 0 Å². The molecule has 5 heteroatoms. The number of ether oxygens (including phenoxy) is 2. The maximum atomic E-state index is 12.1. The van der Waals surface area contributed by atoms with Crippen molar-refractivity contribution in [1.82, 2.24) is 10.2 Å². The zero-order valence-electron chi connectivity index (χ0n) is 13.7. The van der Waals surface area contributed by atoms with Crippen LogP contribution in [-0.2, 0) is 14.3 Å². The summed E-state index contributed by atoms with van der Waals surface area (Å²) in [4.78, 5) is 14.5. The lowest BCUT2D eigenvalue weighted by molar-refractivity contribution is -0.151. The molecule has 1 rings (SSSR count). The van der Waals surface area contributed by atoms with Crippen LogP contribution < -0.4 is 5.32 Å². The van der Waals surface area contributed by atoms with E-state index in [-0.39, 0.29) is 18.2 Å². The topological polar surface area (TPSA) is 50.8 Å². The second-order valence-corrected chi connectivity index (χ2v) is 6.07. The molecule has 0 saturated carbocycles. The first kappa shape index (κ1) is 17.4. The van der Waals surface area contributed by atoms with E-state index in [4.69, 9.17) is 9.47 Å². The fourth-order valence-corrected chi connectivity index (χ4v) is 2.88. The minimum Gasteiger partial charge on any atom is -0.465 e. The Morgan fingerprint density at radius 3 is 2.45 bits per heavy atom. The Bertz CT molecular complexity index is 314. The van der Waals surface area contributed by atoms with Gasteiger partial charge in [0, 0.05) is 19.1 Å². The van der Waals surface area contributed by atoms with Crippen LogP contribution in [-0.4, -0.2) is 61.4 Å². The standard InChI is InChI=1S/C15H30N2O3/c1-7-19-14(18)15(5,16-6)8-11(2)17-9-12(3)20-13(4)10-17/h11-13,16H,7-10H2,1-6H3. The van der Waals surface area contributed by atoms with E-state index in [0.717, 1.165) is 19.5 Å². The van der Waals surface area contributed by atoms with E-state index < -0.39 is 5.54 Å². The van der Waals surface area contributed by atoms with E-state index in [1.165, 1.54) is 0 Å². The van der Waals surface area contributed by atoms with Crippen molar-refractivity contribution in [2.45, 2.75) is 64.8 Å². The highest BCUT2D eigenvalue weighted by Gasteiger charge is 2.37. The number of carbonyl (C=O) groups is 1. The Kier molecular flexibility index (Phi) is 6.43. The molecule has 20 heavy (non-hydrogen) atoms. The van der Waals surface area contributed by atoms with Crippen molar-refractivity contribution in [2.24, 2.45) is 0 Å². The van der Waals surface area contributed by atoms with E-state index in [9.17, 15) is 4.79 Å². The second-order valence-electron chi connectivity index (χ2n) is 6.07. The number of esters is 1. The molecule has 4 unspecified atom stereocenters. The SMILES string of the molecule is CCOC(=O)C(C)(CC(C)N1CC(C)OC(C)C1)NC. The maximum Gasteiger partial charge on any atom is 0.326 e. The number of likely N-dealkylation sites (N-methyl/N-ethyl adjacent to an activating group) is 1. The summed E-state index contributed by atoms with van der Waals surface area (Å²) in [5, 5.41) is 3.12. The third-order valence-electron chi connectivity index (χ3n) is 4.05. The minimum atomic E-state index is -0.639. The molecule has 1 aliphatic rings. The van der Waals surface area contributed by atoms with Gasteiger partial charge >= 0.3 is 5.97 Å². The van der Waals surface area contributed by atoms with E-state index in [1.807, 2.05) is 20.9 Å². The summed E-state index contributed by atoms with van der Waals surface area (Å²) < 4.78 is 10.9. The highest BCUT2D eigenvalue weighted by molar-refractivity contribution is 5.80. The van der Waals surface area contributed by atoms with Gasteiger partial charge in [-0.25, -0.2) is 0 Å². The molecule has 1 aliphatic heterocycles. The molecule has 0 aromatic rings. The van der Waals surface area contributed by atoms with Crippen molar-refractivity contribution in [3.8, 4) is 0 Å². The fourth-order valence-electron chi connectivity index (χ4n) is 2.88. The van der Waals surface area contributed by atoms with E-state index in [1.54, 1.807) is 0 Å². The molecular weight excluding hydrogens is 256 g/mol. The maximum absolute atomic E-state index is 12.1. The molecule has 0 aromatic carbocycles. The summed E-state index contributed by atoms with van der Waals surface area (Å²) in [6.07, 6.45) is 1.20. The Labute approximate surface area is 123 Å². The van der Waals surface area contributed by atoms with Gasteiger partial charge in [0.15, 0.2) is 0 Å². The molecule has 0 spiro atoms. The van der Waals surface area contributed by atoms with Crippen molar-refractivity contribution >= 4 is 5.97 Å². The van der Waals surface area contributed by atoms with Crippen LogP contribution in [0, 0.1) is 0 Å².